The van der Waals surface area contributed by atoms with Gasteiger partial charge in [0.05, 0.1) is 28.1 Å². The van der Waals surface area contributed by atoms with Crippen LogP contribution in [-0.2, 0) is 9.59 Å². The van der Waals surface area contributed by atoms with Crippen LogP contribution in [-0.4, -0.2) is 17.8 Å². The van der Waals surface area contributed by atoms with Crippen LogP contribution in [0.2, 0.25) is 10.0 Å². The molecule has 3 atom stereocenters. The highest BCUT2D eigenvalue weighted by atomic mass is 35.5. The molecule has 7 heteroatoms. The number of imide groups is 1. The lowest BCUT2D eigenvalue weighted by Crippen LogP contribution is -2.31. The minimum atomic E-state index is -0.647. The molecule has 0 aromatic heterocycles. The standard InChI is InChI=1S/C27H21Cl2NO4/c28-19-10-12-24(23(29)15-19)34-27(33)18-7-4-8-20(13-18)30-25(31)21-11-9-17(14-22(21)26(30)32)16-5-2-1-3-6-16/h1-8,10,12-13,15,17,21-22H,9,11,14H2/t17-,21-,22-/m0/s1. The zero-order chi connectivity index (χ0) is 23.8. The van der Waals surface area contributed by atoms with E-state index in [1.54, 1.807) is 24.3 Å². The summed E-state index contributed by atoms with van der Waals surface area (Å²) in [5, 5.41) is 0.632. The van der Waals surface area contributed by atoms with Gasteiger partial charge in [0, 0.05) is 5.02 Å². The van der Waals surface area contributed by atoms with E-state index in [1.165, 1.54) is 28.7 Å². The van der Waals surface area contributed by atoms with Gasteiger partial charge in [-0.2, -0.15) is 0 Å². The number of carbonyl (C=O) groups is 3. The Kier molecular flexibility index (Phi) is 6.15. The van der Waals surface area contributed by atoms with Gasteiger partial charge in [0.25, 0.3) is 0 Å². The van der Waals surface area contributed by atoms with Crippen molar-refractivity contribution >= 4 is 46.7 Å². The number of benzene rings is 3. The Morgan fingerprint density at radius 1 is 0.853 bits per heavy atom. The second kappa shape index (κ2) is 9.24. The Hall–Kier alpha value is -3.15. The molecule has 34 heavy (non-hydrogen) atoms. The highest BCUT2D eigenvalue weighted by Crippen LogP contribution is 2.45. The number of hydrogen-bond acceptors (Lipinski definition) is 4. The van der Waals surface area contributed by atoms with Crippen LogP contribution in [0.3, 0.4) is 0 Å². The molecule has 0 bridgehead atoms. The Morgan fingerprint density at radius 2 is 1.62 bits per heavy atom. The first-order valence-electron chi connectivity index (χ1n) is 11.1. The van der Waals surface area contributed by atoms with Crippen molar-refractivity contribution in [2.24, 2.45) is 11.8 Å². The number of esters is 1. The largest absolute Gasteiger partial charge is 0.421 e. The van der Waals surface area contributed by atoms with Crippen molar-refractivity contribution in [1.82, 2.24) is 0 Å². The topological polar surface area (TPSA) is 63.7 Å². The SMILES string of the molecule is O=C(Oc1ccc(Cl)cc1Cl)c1cccc(N2C(=O)[C@H]3CC[C@H](c4ccccc4)C[C@@H]3C2=O)c1. The van der Waals surface area contributed by atoms with Crippen molar-refractivity contribution < 1.29 is 19.1 Å². The van der Waals surface area contributed by atoms with Gasteiger partial charge in [-0.05, 0) is 67.1 Å². The van der Waals surface area contributed by atoms with E-state index in [9.17, 15) is 14.4 Å². The van der Waals surface area contributed by atoms with Gasteiger partial charge in [-0.1, -0.05) is 59.6 Å². The van der Waals surface area contributed by atoms with E-state index in [0.29, 0.717) is 23.6 Å². The fourth-order valence-electron chi connectivity index (χ4n) is 4.95. The molecule has 5 rings (SSSR count). The molecule has 0 N–H and O–H groups in total. The first-order chi connectivity index (χ1) is 16.4. The maximum absolute atomic E-state index is 13.3. The summed E-state index contributed by atoms with van der Waals surface area (Å²) in [6.07, 6.45) is 2.18. The van der Waals surface area contributed by atoms with Gasteiger partial charge >= 0.3 is 5.97 Å². The van der Waals surface area contributed by atoms with Crippen molar-refractivity contribution in [2.75, 3.05) is 4.90 Å². The summed E-state index contributed by atoms with van der Waals surface area (Å²) in [6.45, 7) is 0. The number of halogens is 2. The lowest BCUT2D eigenvalue weighted by molar-refractivity contribution is -0.122. The van der Waals surface area contributed by atoms with Crippen LogP contribution >= 0.6 is 23.2 Å². The molecule has 2 fully saturated rings. The van der Waals surface area contributed by atoms with E-state index in [-0.39, 0.29) is 45.9 Å². The van der Waals surface area contributed by atoms with Crippen molar-refractivity contribution in [3.05, 3.63) is 94.0 Å². The van der Waals surface area contributed by atoms with Crippen molar-refractivity contribution in [3.8, 4) is 5.75 Å². The summed E-state index contributed by atoms with van der Waals surface area (Å²) in [7, 11) is 0. The summed E-state index contributed by atoms with van der Waals surface area (Å²) in [6, 6.07) is 21.0. The van der Waals surface area contributed by atoms with Gasteiger partial charge in [0.1, 0.15) is 5.75 Å². The number of fused-ring (bicyclic) bond motifs is 1. The highest BCUT2D eigenvalue weighted by molar-refractivity contribution is 6.35. The quantitative estimate of drug-likeness (QED) is 0.243. The zero-order valence-electron chi connectivity index (χ0n) is 18.1. The third kappa shape index (κ3) is 4.22. The first-order valence-corrected chi connectivity index (χ1v) is 11.9. The second-order valence-electron chi connectivity index (χ2n) is 8.66. The lowest BCUT2D eigenvalue weighted by Gasteiger charge is -2.28. The normalized spacial score (nSPS) is 21.9. The molecule has 0 radical (unpaired) electrons. The van der Waals surface area contributed by atoms with E-state index in [2.05, 4.69) is 12.1 Å². The van der Waals surface area contributed by atoms with E-state index in [4.69, 9.17) is 27.9 Å². The molecule has 5 nitrogen and oxygen atoms in total. The predicted molar refractivity (Wildman–Crippen MR) is 130 cm³/mol. The van der Waals surface area contributed by atoms with E-state index >= 15 is 0 Å². The molecule has 2 amide bonds. The summed E-state index contributed by atoms with van der Waals surface area (Å²) in [4.78, 5) is 40.5. The van der Waals surface area contributed by atoms with Gasteiger partial charge in [0.2, 0.25) is 11.8 Å². The maximum atomic E-state index is 13.3. The molecule has 1 saturated heterocycles. The first kappa shape index (κ1) is 22.6. The van der Waals surface area contributed by atoms with Gasteiger partial charge in [-0.25, -0.2) is 4.79 Å². The minimum Gasteiger partial charge on any atom is -0.421 e. The molecule has 1 aliphatic carbocycles. The molecule has 0 spiro atoms. The molecular formula is C27H21Cl2NO4. The average molecular weight is 494 g/mol. The predicted octanol–water partition coefficient (Wildman–Crippen LogP) is 6.29. The Balaban J connectivity index is 1.36. The summed E-state index contributed by atoms with van der Waals surface area (Å²) < 4.78 is 5.40. The monoisotopic (exact) mass is 493 g/mol. The number of amides is 2. The molecule has 1 saturated carbocycles. The van der Waals surface area contributed by atoms with Gasteiger partial charge in [0.15, 0.2) is 0 Å². The third-order valence-corrected chi connectivity index (χ3v) is 7.16. The zero-order valence-corrected chi connectivity index (χ0v) is 19.6. The maximum Gasteiger partial charge on any atom is 0.343 e. The van der Waals surface area contributed by atoms with E-state index in [0.717, 1.165) is 6.42 Å². The number of ether oxygens (including phenoxy) is 1. The molecule has 1 aliphatic heterocycles. The van der Waals surface area contributed by atoms with E-state index in [1.807, 2.05) is 18.2 Å². The van der Waals surface area contributed by atoms with Crippen LogP contribution in [0.5, 0.6) is 5.75 Å². The fourth-order valence-corrected chi connectivity index (χ4v) is 5.40. The third-order valence-electron chi connectivity index (χ3n) is 6.63. The Morgan fingerprint density at radius 3 is 2.38 bits per heavy atom. The number of nitrogens with zero attached hydrogens (tertiary/aromatic N) is 1. The number of anilines is 1. The number of carbonyl (C=O) groups excluding carboxylic acids is 3. The second-order valence-corrected chi connectivity index (χ2v) is 9.50. The van der Waals surface area contributed by atoms with Crippen LogP contribution in [0.4, 0.5) is 5.69 Å². The van der Waals surface area contributed by atoms with Gasteiger partial charge < -0.3 is 4.74 Å². The average Bonchev–Trinajstić information content (AvgIpc) is 3.10. The molecule has 3 aromatic carbocycles. The Labute approximate surface area is 207 Å². The van der Waals surface area contributed by atoms with Crippen LogP contribution < -0.4 is 9.64 Å². The number of hydrogen-bond donors (Lipinski definition) is 0. The molecule has 3 aromatic rings. The fraction of sp³-hybridized carbons (Fsp3) is 0.222. The van der Waals surface area contributed by atoms with Crippen LogP contribution in [0.1, 0.15) is 41.1 Å². The highest BCUT2D eigenvalue weighted by Gasteiger charge is 2.50. The number of rotatable bonds is 4. The molecule has 2 aliphatic rings. The molecule has 172 valence electrons. The molecule has 0 unspecified atom stereocenters. The van der Waals surface area contributed by atoms with Crippen LogP contribution in [0.15, 0.2) is 72.8 Å². The smallest absolute Gasteiger partial charge is 0.343 e. The lowest BCUT2D eigenvalue weighted by atomic mass is 9.73. The van der Waals surface area contributed by atoms with Crippen molar-refractivity contribution in [2.45, 2.75) is 25.2 Å². The Bertz CT molecular complexity index is 1280. The van der Waals surface area contributed by atoms with Crippen LogP contribution in [0.25, 0.3) is 0 Å². The summed E-state index contributed by atoms with van der Waals surface area (Å²) in [5.74, 6) is -1.30. The van der Waals surface area contributed by atoms with Crippen LogP contribution in [0, 0.1) is 11.8 Å². The van der Waals surface area contributed by atoms with Crippen molar-refractivity contribution in [3.63, 3.8) is 0 Å². The summed E-state index contributed by atoms with van der Waals surface area (Å²) in [5.41, 5.74) is 1.78. The molecular weight excluding hydrogens is 473 g/mol. The van der Waals surface area contributed by atoms with Gasteiger partial charge in [-0.3, -0.25) is 14.5 Å². The van der Waals surface area contributed by atoms with Gasteiger partial charge in [-0.15, -0.1) is 0 Å². The van der Waals surface area contributed by atoms with E-state index < -0.39 is 5.97 Å². The molecule has 1 heterocycles. The summed E-state index contributed by atoms with van der Waals surface area (Å²) >= 11 is 12.0. The minimum absolute atomic E-state index is 0.174. The van der Waals surface area contributed by atoms with Crippen molar-refractivity contribution in [1.29, 1.82) is 0 Å².